The van der Waals surface area contributed by atoms with Crippen LogP contribution in [0.3, 0.4) is 0 Å². The molecule has 1 aliphatic heterocycles. The number of aliphatic hydroxyl groups is 1. The second-order valence-electron chi connectivity index (χ2n) is 5.81. The number of aliphatic hydroxyl groups excluding tert-OH is 1. The zero-order valence-corrected chi connectivity index (χ0v) is 11.9. The van der Waals surface area contributed by atoms with Crippen molar-refractivity contribution >= 4 is 0 Å². The quantitative estimate of drug-likeness (QED) is 0.920. The van der Waals surface area contributed by atoms with Crippen molar-refractivity contribution in [1.29, 1.82) is 0 Å². The first-order valence-electron chi connectivity index (χ1n) is 7.20. The fraction of sp³-hybridized carbons (Fsp3) is 0.333. The van der Waals surface area contributed by atoms with Crippen LogP contribution in [0, 0.1) is 0 Å². The predicted molar refractivity (Wildman–Crippen MR) is 81.6 cm³/mol. The lowest BCUT2D eigenvalue weighted by atomic mass is 9.82. The summed E-state index contributed by atoms with van der Waals surface area (Å²) in [7, 11) is 0. The topological polar surface area (TPSA) is 23.5 Å². The molecule has 1 N–H and O–H groups in total. The molecule has 2 nitrogen and oxygen atoms in total. The first-order valence-corrected chi connectivity index (χ1v) is 7.20. The molecule has 2 aromatic carbocycles. The fourth-order valence-electron chi connectivity index (χ4n) is 2.99. The highest BCUT2D eigenvalue weighted by Gasteiger charge is 2.41. The molecule has 1 atom stereocenters. The molecule has 2 aromatic rings. The van der Waals surface area contributed by atoms with Crippen molar-refractivity contribution < 1.29 is 5.11 Å². The summed E-state index contributed by atoms with van der Waals surface area (Å²) in [5.74, 6) is 0.589. The maximum absolute atomic E-state index is 9.89. The van der Waals surface area contributed by atoms with E-state index in [1.165, 1.54) is 11.1 Å². The molecule has 1 unspecified atom stereocenters. The Hall–Kier alpha value is -1.64. The van der Waals surface area contributed by atoms with E-state index in [0.717, 1.165) is 13.1 Å². The molecule has 1 saturated heterocycles. The molecule has 0 amide bonds. The summed E-state index contributed by atoms with van der Waals surface area (Å²) in [5, 5.41) is 9.89. The minimum absolute atomic E-state index is 0.151. The summed E-state index contributed by atoms with van der Waals surface area (Å²) in [6.07, 6.45) is 0. The highest BCUT2D eigenvalue weighted by Crippen LogP contribution is 2.37. The van der Waals surface area contributed by atoms with Gasteiger partial charge < -0.3 is 5.11 Å². The molecule has 1 fully saturated rings. The van der Waals surface area contributed by atoms with Gasteiger partial charge >= 0.3 is 0 Å². The normalized spacial score (nSPS) is 19.3. The van der Waals surface area contributed by atoms with Gasteiger partial charge in [0.25, 0.3) is 0 Å². The Bertz CT molecular complexity index is 548. The molecule has 0 aromatic heterocycles. The number of nitrogens with zero attached hydrogens (tertiary/aromatic N) is 1. The second kappa shape index (κ2) is 5.39. The maximum atomic E-state index is 9.89. The van der Waals surface area contributed by atoms with Crippen LogP contribution in [0.4, 0.5) is 0 Å². The summed E-state index contributed by atoms with van der Waals surface area (Å²) in [4.78, 5) is 2.38. The van der Waals surface area contributed by atoms with Gasteiger partial charge in [0.05, 0.1) is 12.1 Å². The molecule has 0 aliphatic carbocycles. The van der Waals surface area contributed by atoms with Gasteiger partial charge in [-0.25, -0.2) is 0 Å². The Morgan fingerprint density at radius 1 is 1.00 bits per heavy atom. The molecular formula is C18H21NO. The second-order valence-corrected chi connectivity index (χ2v) is 5.81. The van der Waals surface area contributed by atoms with Crippen LogP contribution in [0.5, 0.6) is 0 Å². The Morgan fingerprint density at radius 2 is 1.55 bits per heavy atom. The average molecular weight is 267 g/mol. The van der Waals surface area contributed by atoms with E-state index in [1.807, 2.05) is 18.2 Å². The lowest BCUT2D eigenvalue weighted by Crippen LogP contribution is -2.57. The van der Waals surface area contributed by atoms with Gasteiger partial charge in [-0.3, -0.25) is 4.90 Å². The highest BCUT2D eigenvalue weighted by molar-refractivity contribution is 5.28. The van der Waals surface area contributed by atoms with Crippen molar-refractivity contribution in [3.63, 3.8) is 0 Å². The molecule has 1 aliphatic rings. The lowest BCUT2D eigenvalue weighted by molar-refractivity contribution is -0.0179. The largest absolute Gasteiger partial charge is 0.394 e. The van der Waals surface area contributed by atoms with Gasteiger partial charge in [-0.15, -0.1) is 0 Å². The molecule has 0 radical (unpaired) electrons. The Labute approximate surface area is 120 Å². The van der Waals surface area contributed by atoms with Gasteiger partial charge in [-0.1, -0.05) is 60.7 Å². The van der Waals surface area contributed by atoms with Crippen LogP contribution in [0.15, 0.2) is 60.7 Å². The zero-order valence-electron chi connectivity index (χ0n) is 11.9. The van der Waals surface area contributed by atoms with Crippen molar-refractivity contribution in [2.24, 2.45) is 0 Å². The number of benzene rings is 2. The van der Waals surface area contributed by atoms with Gasteiger partial charge in [-0.2, -0.15) is 0 Å². The molecule has 1 heterocycles. The average Bonchev–Trinajstić information content (AvgIpc) is 2.47. The summed E-state index contributed by atoms with van der Waals surface area (Å²) < 4.78 is 0. The Morgan fingerprint density at radius 3 is 2.10 bits per heavy atom. The molecule has 0 saturated carbocycles. The van der Waals surface area contributed by atoms with E-state index in [-0.39, 0.29) is 12.1 Å². The van der Waals surface area contributed by atoms with Gasteiger partial charge in [0.2, 0.25) is 0 Å². The van der Waals surface area contributed by atoms with Crippen LogP contribution in [0.25, 0.3) is 0 Å². The van der Waals surface area contributed by atoms with Crippen molar-refractivity contribution in [3.8, 4) is 0 Å². The third-order valence-electron chi connectivity index (χ3n) is 4.55. The number of likely N-dealkylation sites (tertiary alicyclic amines) is 1. The zero-order chi connectivity index (χ0) is 14.0. The third kappa shape index (κ3) is 2.26. The standard InChI is InChI=1S/C18H21NO/c1-18(14-20,17-10-6-3-7-11-17)19-12-16(13-19)15-8-4-2-5-9-15/h2-11,16,20H,12-14H2,1H3. The highest BCUT2D eigenvalue weighted by atomic mass is 16.3. The Kier molecular flexibility index (Phi) is 3.60. The van der Waals surface area contributed by atoms with E-state index in [9.17, 15) is 5.11 Å². The van der Waals surface area contributed by atoms with E-state index in [4.69, 9.17) is 0 Å². The van der Waals surface area contributed by atoms with Crippen LogP contribution in [-0.4, -0.2) is 29.7 Å². The van der Waals surface area contributed by atoms with E-state index in [1.54, 1.807) is 0 Å². The summed E-state index contributed by atoms with van der Waals surface area (Å²) in [6, 6.07) is 20.9. The van der Waals surface area contributed by atoms with Crippen LogP contribution in [0.2, 0.25) is 0 Å². The lowest BCUT2D eigenvalue weighted by Gasteiger charge is -2.50. The SMILES string of the molecule is CC(CO)(c1ccccc1)N1CC(c2ccccc2)C1. The van der Waals surface area contributed by atoms with Gasteiger partial charge in [0.15, 0.2) is 0 Å². The van der Waals surface area contributed by atoms with E-state index < -0.39 is 0 Å². The minimum atomic E-state index is -0.271. The summed E-state index contributed by atoms with van der Waals surface area (Å²) >= 11 is 0. The van der Waals surface area contributed by atoms with Crippen molar-refractivity contribution in [3.05, 3.63) is 71.8 Å². The van der Waals surface area contributed by atoms with Crippen LogP contribution < -0.4 is 0 Å². The third-order valence-corrected chi connectivity index (χ3v) is 4.55. The number of rotatable bonds is 4. The van der Waals surface area contributed by atoms with Crippen molar-refractivity contribution in [2.45, 2.75) is 18.4 Å². The number of hydrogen-bond donors (Lipinski definition) is 1. The maximum Gasteiger partial charge on any atom is 0.0665 e. The van der Waals surface area contributed by atoms with E-state index in [0.29, 0.717) is 5.92 Å². The fourth-order valence-corrected chi connectivity index (χ4v) is 2.99. The predicted octanol–water partition coefficient (Wildman–Crippen LogP) is 2.99. The van der Waals surface area contributed by atoms with Crippen LogP contribution in [0.1, 0.15) is 24.0 Å². The molecule has 2 heteroatoms. The molecule has 20 heavy (non-hydrogen) atoms. The van der Waals surface area contributed by atoms with E-state index >= 15 is 0 Å². The minimum Gasteiger partial charge on any atom is -0.394 e. The van der Waals surface area contributed by atoms with Gasteiger partial charge in [0.1, 0.15) is 0 Å². The molecule has 104 valence electrons. The molecular weight excluding hydrogens is 246 g/mol. The van der Waals surface area contributed by atoms with Crippen molar-refractivity contribution in [1.82, 2.24) is 4.90 Å². The first kappa shape index (κ1) is 13.3. The number of hydrogen-bond acceptors (Lipinski definition) is 2. The first-order chi connectivity index (χ1) is 9.74. The van der Waals surface area contributed by atoms with Gasteiger partial charge in [-0.05, 0) is 18.1 Å². The molecule has 3 rings (SSSR count). The van der Waals surface area contributed by atoms with Crippen molar-refractivity contribution in [2.75, 3.05) is 19.7 Å². The van der Waals surface area contributed by atoms with Gasteiger partial charge in [0, 0.05) is 19.0 Å². The molecule has 0 bridgehead atoms. The smallest absolute Gasteiger partial charge is 0.0665 e. The Balaban J connectivity index is 1.74. The summed E-state index contributed by atoms with van der Waals surface area (Å²) in [5.41, 5.74) is 2.32. The summed E-state index contributed by atoms with van der Waals surface area (Å²) in [6.45, 7) is 4.30. The van der Waals surface area contributed by atoms with Crippen LogP contribution in [-0.2, 0) is 5.54 Å². The molecule has 0 spiro atoms. The van der Waals surface area contributed by atoms with Crippen LogP contribution >= 0.6 is 0 Å². The van der Waals surface area contributed by atoms with E-state index in [2.05, 4.69) is 54.3 Å². The monoisotopic (exact) mass is 267 g/mol.